The second-order valence-corrected chi connectivity index (χ2v) is 3.89. The second kappa shape index (κ2) is 3.36. The van der Waals surface area contributed by atoms with E-state index in [0.717, 1.165) is 25.5 Å². The quantitative estimate of drug-likeness (QED) is 0.697. The van der Waals surface area contributed by atoms with Crippen molar-refractivity contribution in [2.75, 3.05) is 19.6 Å². The molecule has 1 aromatic rings. The van der Waals surface area contributed by atoms with Crippen molar-refractivity contribution < 1.29 is 4.42 Å². The highest BCUT2D eigenvalue weighted by Crippen LogP contribution is 2.30. The first-order valence-corrected chi connectivity index (χ1v) is 5.20. The molecule has 1 saturated heterocycles. The molecule has 0 radical (unpaired) electrons. The molecular weight excluding hydrogens is 192 g/mol. The van der Waals surface area contributed by atoms with Gasteiger partial charge in [0.2, 0.25) is 5.89 Å². The molecule has 0 aliphatic carbocycles. The molecule has 1 aromatic heterocycles. The average molecular weight is 206 g/mol. The maximum atomic E-state index is 5.34. The molecule has 0 saturated carbocycles. The Bertz CT molecular complexity index is 384. The summed E-state index contributed by atoms with van der Waals surface area (Å²) in [5.74, 6) is 0.745. The van der Waals surface area contributed by atoms with Crippen LogP contribution in [0.5, 0.6) is 0 Å². The maximum Gasteiger partial charge on any atom is 0.217 e. The van der Waals surface area contributed by atoms with Crippen molar-refractivity contribution >= 4 is 0 Å². The van der Waals surface area contributed by atoms with Crippen LogP contribution in [-0.2, 0) is 0 Å². The topological polar surface area (TPSA) is 53.3 Å². The highest BCUT2D eigenvalue weighted by Gasteiger charge is 2.32. The van der Waals surface area contributed by atoms with E-state index >= 15 is 0 Å². The van der Waals surface area contributed by atoms with Crippen molar-refractivity contribution in [3.63, 3.8) is 0 Å². The largest absolute Gasteiger partial charge is 0.447 e. The smallest absolute Gasteiger partial charge is 0.217 e. The van der Waals surface area contributed by atoms with Gasteiger partial charge in [0, 0.05) is 25.3 Å². The minimum Gasteiger partial charge on any atom is -0.447 e. The van der Waals surface area contributed by atoms with E-state index in [4.69, 9.17) is 4.42 Å². The number of hydrogen-bond donors (Lipinski definition) is 2. The van der Waals surface area contributed by atoms with Crippen molar-refractivity contribution in [3.8, 4) is 0 Å². The predicted octanol–water partition coefficient (Wildman–Crippen LogP) is 0.413. The number of nitrogens with zero attached hydrogens (tertiary/aromatic N) is 2. The Morgan fingerprint density at radius 1 is 1.60 bits per heavy atom. The van der Waals surface area contributed by atoms with Crippen LogP contribution in [0.1, 0.15) is 18.9 Å². The van der Waals surface area contributed by atoms with Crippen molar-refractivity contribution in [1.82, 2.24) is 20.7 Å². The molecule has 2 aliphatic rings. The number of aromatic nitrogens is 1. The Labute approximate surface area is 88.1 Å². The van der Waals surface area contributed by atoms with Crippen LogP contribution >= 0.6 is 0 Å². The lowest BCUT2D eigenvalue weighted by atomic mass is 10.1. The molecule has 15 heavy (non-hydrogen) atoms. The number of hydrogen-bond acceptors (Lipinski definition) is 5. The maximum absolute atomic E-state index is 5.34. The van der Waals surface area contributed by atoms with E-state index in [1.165, 1.54) is 11.3 Å². The van der Waals surface area contributed by atoms with Crippen LogP contribution in [-0.4, -0.2) is 29.6 Å². The third kappa shape index (κ3) is 1.35. The van der Waals surface area contributed by atoms with Crippen molar-refractivity contribution in [2.24, 2.45) is 0 Å². The first kappa shape index (κ1) is 8.94. The Morgan fingerprint density at radius 3 is 3.27 bits per heavy atom. The number of fused-ring (bicyclic) bond motifs is 1. The van der Waals surface area contributed by atoms with Gasteiger partial charge in [-0.25, -0.2) is 10.4 Å². The van der Waals surface area contributed by atoms with Gasteiger partial charge in [-0.2, -0.15) is 0 Å². The standard InChI is InChI=1S/C10H14N4O/c1-7-8-6-11-2-4-14(8)13-9(7)10-12-3-5-15-10/h3,5,9,11,13H,2,4,6H2,1H3. The summed E-state index contributed by atoms with van der Waals surface area (Å²) in [7, 11) is 0. The minimum absolute atomic E-state index is 0.106. The summed E-state index contributed by atoms with van der Waals surface area (Å²) < 4.78 is 5.34. The molecule has 0 amide bonds. The molecule has 2 aliphatic heterocycles. The van der Waals surface area contributed by atoms with Gasteiger partial charge >= 0.3 is 0 Å². The van der Waals surface area contributed by atoms with Gasteiger partial charge in [0.05, 0.1) is 6.20 Å². The number of piperazine rings is 1. The molecule has 3 heterocycles. The predicted molar refractivity (Wildman–Crippen MR) is 54.7 cm³/mol. The Balaban J connectivity index is 1.92. The third-order valence-corrected chi connectivity index (χ3v) is 3.00. The molecular formula is C10H14N4O. The number of nitrogens with one attached hydrogen (secondary N) is 2. The molecule has 3 rings (SSSR count). The summed E-state index contributed by atoms with van der Waals surface area (Å²) in [6, 6.07) is 0.106. The van der Waals surface area contributed by atoms with Crippen LogP contribution in [0.25, 0.3) is 0 Å². The zero-order valence-electron chi connectivity index (χ0n) is 8.66. The van der Waals surface area contributed by atoms with Gasteiger partial charge in [-0.3, -0.25) is 0 Å². The van der Waals surface area contributed by atoms with Crippen molar-refractivity contribution in [2.45, 2.75) is 13.0 Å². The Kier molecular flexibility index (Phi) is 2.00. The molecule has 0 bridgehead atoms. The van der Waals surface area contributed by atoms with Crippen molar-refractivity contribution in [3.05, 3.63) is 29.6 Å². The number of oxazole rings is 1. The zero-order chi connectivity index (χ0) is 10.3. The van der Waals surface area contributed by atoms with Gasteiger partial charge in [-0.1, -0.05) is 0 Å². The van der Waals surface area contributed by atoms with Crippen LogP contribution in [0.15, 0.2) is 28.1 Å². The monoisotopic (exact) mass is 206 g/mol. The summed E-state index contributed by atoms with van der Waals surface area (Å²) in [5.41, 5.74) is 6.03. The van der Waals surface area contributed by atoms with Gasteiger partial charge in [-0.15, -0.1) is 0 Å². The van der Waals surface area contributed by atoms with Crippen LogP contribution < -0.4 is 10.7 Å². The second-order valence-electron chi connectivity index (χ2n) is 3.89. The SMILES string of the molecule is CC1=C2CNCCN2NC1c1ncco1. The van der Waals surface area contributed by atoms with Crippen LogP contribution in [0.2, 0.25) is 0 Å². The van der Waals surface area contributed by atoms with E-state index in [9.17, 15) is 0 Å². The van der Waals surface area contributed by atoms with E-state index < -0.39 is 0 Å². The number of hydrazine groups is 1. The van der Waals surface area contributed by atoms with E-state index in [1.807, 2.05) is 0 Å². The lowest BCUT2D eigenvalue weighted by Gasteiger charge is -2.28. The number of rotatable bonds is 1. The molecule has 5 heteroatoms. The van der Waals surface area contributed by atoms with E-state index in [2.05, 4.69) is 27.7 Å². The summed E-state index contributed by atoms with van der Waals surface area (Å²) in [6.07, 6.45) is 3.30. The highest BCUT2D eigenvalue weighted by atomic mass is 16.3. The van der Waals surface area contributed by atoms with Crippen LogP contribution in [0.4, 0.5) is 0 Å². The Morgan fingerprint density at radius 2 is 2.53 bits per heavy atom. The molecule has 1 atom stereocenters. The highest BCUT2D eigenvalue weighted by molar-refractivity contribution is 5.27. The van der Waals surface area contributed by atoms with Crippen LogP contribution in [0.3, 0.4) is 0 Å². The molecule has 0 spiro atoms. The molecule has 1 fully saturated rings. The summed E-state index contributed by atoms with van der Waals surface area (Å²) in [5, 5.41) is 5.56. The van der Waals surface area contributed by atoms with E-state index in [1.54, 1.807) is 12.5 Å². The molecule has 80 valence electrons. The van der Waals surface area contributed by atoms with Gasteiger partial charge in [0.15, 0.2) is 0 Å². The minimum atomic E-state index is 0.106. The third-order valence-electron chi connectivity index (χ3n) is 3.00. The van der Waals surface area contributed by atoms with E-state index in [0.29, 0.717) is 0 Å². The van der Waals surface area contributed by atoms with Gasteiger partial charge in [0.1, 0.15) is 12.3 Å². The Hall–Kier alpha value is -1.33. The van der Waals surface area contributed by atoms with Crippen molar-refractivity contribution in [1.29, 1.82) is 0 Å². The lowest BCUT2D eigenvalue weighted by Crippen LogP contribution is -2.45. The fourth-order valence-corrected chi connectivity index (χ4v) is 2.16. The fourth-order valence-electron chi connectivity index (χ4n) is 2.16. The molecule has 5 nitrogen and oxygen atoms in total. The fraction of sp³-hybridized carbons (Fsp3) is 0.500. The van der Waals surface area contributed by atoms with Gasteiger partial charge in [-0.05, 0) is 12.5 Å². The first-order valence-electron chi connectivity index (χ1n) is 5.20. The van der Waals surface area contributed by atoms with Gasteiger partial charge < -0.3 is 14.7 Å². The normalized spacial score (nSPS) is 25.9. The van der Waals surface area contributed by atoms with Gasteiger partial charge in [0.25, 0.3) is 0 Å². The molecule has 1 unspecified atom stereocenters. The summed E-state index contributed by atoms with van der Waals surface area (Å²) >= 11 is 0. The summed E-state index contributed by atoms with van der Waals surface area (Å²) in [4.78, 5) is 4.20. The van der Waals surface area contributed by atoms with E-state index in [-0.39, 0.29) is 6.04 Å². The summed E-state index contributed by atoms with van der Waals surface area (Å²) in [6.45, 7) is 5.06. The molecule has 2 N–H and O–H groups in total. The lowest BCUT2D eigenvalue weighted by molar-refractivity contribution is 0.218. The zero-order valence-corrected chi connectivity index (χ0v) is 8.66. The van der Waals surface area contributed by atoms with Crippen LogP contribution in [0, 0.1) is 0 Å². The first-order chi connectivity index (χ1) is 7.36. The molecule has 0 aromatic carbocycles. The average Bonchev–Trinajstić information content (AvgIpc) is 2.87.